The van der Waals surface area contributed by atoms with Gasteiger partial charge in [0.1, 0.15) is 0 Å². The summed E-state index contributed by atoms with van der Waals surface area (Å²) in [5.41, 5.74) is 2.25. The third kappa shape index (κ3) is 5.32. The Bertz CT molecular complexity index is 1140. The molecular weight excluding hydrogens is 412 g/mol. The molecule has 0 spiro atoms. The predicted octanol–water partition coefficient (Wildman–Crippen LogP) is 3.66. The first-order valence-electron chi connectivity index (χ1n) is 10.2. The summed E-state index contributed by atoms with van der Waals surface area (Å²) < 4.78 is 1.53. The minimum atomic E-state index is -0.638. The second-order valence-corrected chi connectivity index (χ2v) is 8.46. The number of benzene rings is 2. The maximum Gasteiger partial charge on any atom is 0.321 e. The van der Waals surface area contributed by atoms with Crippen molar-refractivity contribution in [3.63, 3.8) is 0 Å². The number of urea groups is 1. The molecule has 0 aliphatic rings. The normalized spacial score (nSPS) is 11.8. The van der Waals surface area contributed by atoms with Crippen molar-refractivity contribution in [3.05, 3.63) is 64.4 Å². The van der Waals surface area contributed by atoms with E-state index in [0.717, 1.165) is 31.0 Å². The van der Waals surface area contributed by atoms with E-state index in [4.69, 9.17) is 0 Å². The zero-order valence-electron chi connectivity index (χ0n) is 17.8. The van der Waals surface area contributed by atoms with Gasteiger partial charge in [0.25, 0.3) is 5.56 Å². The summed E-state index contributed by atoms with van der Waals surface area (Å²) in [4.78, 5) is 41.8. The summed E-state index contributed by atoms with van der Waals surface area (Å²) in [7, 11) is 1.44. The average molecular weight is 439 g/mol. The number of carbonyl (C=O) groups is 2. The Labute approximate surface area is 185 Å². The van der Waals surface area contributed by atoms with Crippen molar-refractivity contribution < 1.29 is 9.59 Å². The van der Waals surface area contributed by atoms with Crippen LogP contribution in [0.2, 0.25) is 0 Å². The largest absolute Gasteiger partial charge is 0.341 e. The highest BCUT2D eigenvalue weighted by atomic mass is 32.2. The van der Waals surface area contributed by atoms with Crippen molar-refractivity contribution in [1.82, 2.24) is 20.2 Å². The number of nitrogens with zero attached hydrogens (tertiary/aromatic N) is 2. The molecule has 0 aliphatic carbocycles. The summed E-state index contributed by atoms with van der Waals surface area (Å²) in [6, 6.07) is 14.4. The second kappa shape index (κ2) is 10.3. The van der Waals surface area contributed by atoms with E-state index in [-0.39, 0.29) is 5.56 Å². The van der Waals surface area contributed by atoms with Crippen LogP contribution in [-0.4, -0.2) is 33.8 Å². The SMILES string of the molecule is CCCCc1ccc(-n2c(SC(C)C(=O)NC(=O)NC)nc3ccccc3c2=O)cc1. The van der Waals surface area contributed by atoms with E-state index in [2.05, 4.69) is 22.5 Å². The number of carbonyl (C=O) groups excluding carboxylic acids is 2. The molecule has 2 aromatic carbocycles. The highest BCUT2D eigenvalue weighted by Gasteiger charge is 2.21. The van der Waals surface area contributed by atoms with E-state index in [0.29, 0.717) is 21.7 Å². The van der Waals surface area contributed by atoms with Gasteiger partial charge in [0.05, 0.1) is 21.8 Å². The standard InChI is InChI=1S/C23H26N4O3S/c1-4-5-8-16-11-13-17(14-12-16)27-21(29)18-9-6-7-10-19(18)25-23(27)31-15(2)20(28)26-22(30)24-3/h6-7,9-15H,4-5,8H2,1-3H3,(H2,24,26,28,30). The van der Waals surface area contributed by atoms with Gasteiger partial charge in [0.2, 0.25) is 5.91 Å². The molecule has 0 radical (unpaired) electrons. The minimum Gasteiger partial charge on any atom is -0.341 e. The van der Waals surface area contributed by atoms with Gasteiger partial charge in [-0.15, -0.1) is 0 Å². The number of para-hydroxylation sites is 1. The number of amides is 3. The molecule has 2 N–H and O–H groups in total. The molecule has 1 atom stereocenters. The Balaban J connectivity index is 2.02. The van der Waals surface area contributed by atoms with Gasteiger partial charge >= 0.3 is 6.03 Å². The first kappa shape index (κ1) is 22.6. The molecule has 7 nitrogen and oxygen atoms in total. The first-order chi connectivity index (χ1) is 14.9. The van der Waals surface area contributed by atoms with Crippen molar-refractivity contribution in [3.8, 4) is 5.69 Å². The van der Waals surface area contributed by atoms with Gasteiger partial charge in [-0.05, 0) is 49.6 Å². The number of unbranched alkanes of at least 4 members (excludes halogenated alkanes) is 1. The maximum absolute atomic E-state index is 13.3. The minimum absolute atomic E-state index is 0.201. The Morgan fingerprint density at radius 2 is 1.84 bits per heavy atom. The fraction of sp³-hybridized carbons (Fsp3) is 0.304. The number of fused-ring (bicyclic) bond motifs is 1. The van der Waals surface area contributed by atoms with Crippen LogP contribution in [-0.2, 0) is 11.2 Å². The second-order valence-electron chi connectivity index (χ2n) is 7.15. The number of nitrogens with one attached hydrogen (secondary N) is 2. The number of imide groups is 1. The molecule has 3 rings (SSSR count). The van der Waals surface area contributed by atoms with Crippen LogP contribution in [0.25, 0.3) is 16.6 Å². The number of thioether (sulfide) groups is 1. The van der Waals surface area contributed by atoms with Crippen molar-refractivity contribution in [2.75, 3.05) is 7.05 Å². The molecule has 0 saturated heterocycles. The molecule has 0 aliphatic heterocycles. The van der Waals surface area contributed by atoms with Crippen LogP contribution in [0.5, 0.6) is 0 Å². The lowest BCUT2D eigenvalue weighted by Gasteiger charge is -2.16. The molecule has 1 unspecified atom stereocenters. The predicted molar refractivity (Wildman–Crippen MR) is 124 cm³/mol. The number of aromatic nitrogens is 2. The number of hydrogen-bond acceptors (Lipinski definition) is 5. The molecule has 31 heavy (non-hydrogen) atoms. The highest BCUT2D eigenvalue weighted by Crippen LogP contribution is 2.25. The smallest absolute Gasteiger partial charge is 0.321 e. The van der Waals surface area contributed by atoms with E-state index in [9.17, 15) is 14.4 Å². The zero-order valence-corrected chi connectivity index (χ0v) is 18.7. The molecule has 0 bridgehead atoms. The van der Waals surface area contributed by atoms with Gasteiger partial charge in [-0.1, -0.05) is 49.4 Å². The van der Waals surface area contributed by atoms with E-state index in [1.54, 1.807) is 25.1 Å². The van der Waals surface area contributed by atoms with Crippen molar-refractivity contribution >= 4 is 34.6 Å². The summed E-state index contributed by atoms with van der Waals surface area (Å²) in [6.07, 6.45) is 3.21. The van der Waals surface area contributed by atoms with Crippen molar-refractivity contribution in [2.45, 2.75) is 43.5 Å². The number of aryl methyl sites for hydroxylation is 1. The molecule has 3 amide bonds. The Morgan fingerprint density at radius 3 is 2.52 bits per heavy atom. The van der Waals surface area contributed by atoms with Gasteiger partial charge in [-0.3, -0.25) is 19.5 Å². The maximum atomic E-state index is 13.3. The Hall–Kier alpha value is -3.13. The van der Waals surface area contributed by atoms with Gasteiger partial charge in [-0.2, -0.15) is 0 Å². The molecular formula is C23H26N4O3S. The van der Waals surface area contributed by atoms with E-state index < -0.39 is 17.2 Å². The summed E-state index contributed by atoms with van der Waals surface area (Å²) in [5.74, 6) is -0.465. The lowest BCUT2D eigenvalue weighted by molar-refractivity contribution is -0.119. The monoisotopic (exact) mass is 438 g/mol. The van der Waals surface area contributed by atoms with Crippen LogP contribution in [0.15, 0.2) is 58.5 Å². The molecule has 0 saturated carbocycles. The third-order valence-corrected chi connectivity index (χ3v) is 5.93. The quantitative estimate of drug-likeness (QED) is 0.434. The van der Waals surface area contributed by atoms with Crippen LogP contribution >= 0.6 is 11.8 Å². The molecule has 1 heterocycles. The molecule has 8 heteroatoms. The first-order valence-corrected chi connectivity index (χ1v) is 11.1. The Morgan fingerprint density at radius 1 is 1.13 bits per heavy atom. The molecule has 3 aromatic rings. The van der Waals surface area contributed by atoms with Crippen molar-refractivity contribution in [1.29, 1.82) is 0 Å². The molecule has 1 aromatic heterocycles. The van der Waals surface area contributed by atoms with Crippen LogP contribution in [0.1, 0.15) is 32.3 Å². The van der Waals surface area contributed by atoms with E-state index >= 15 is 0 Å². The van der Waals surface area contributed by atoms with Crippen LogP contribution in [0, 0.1) is 0 Å². The molecule has 162 valence electrons. The summed E-state index contributed by atoms with van der Waals surface area (Å²) in [5, 5.41) is 4.88. The van der Waals surface area contributed by atoms with Gasteiger partial charge in [0.15, 0.2) is 5.16 Å². The van der Waals surface area contributed by atoms with Gasteiger partial charge in [-0.25, -0.2) is 9.78 Å². The lowest BCUT2D eigenvalue weighted by atomic mass is 10.1. The van der Waals surface area contributed by atoms with E-state index in [1.807, 2.05) is 30.3 Å². The van der Waals surface area contributed by atoms with Gasteiger partial charge in [0, 0.05) is 7.05 Å². The summed E-state index contributed by atoms with van der Waals surface area (Å²) in [6.45, 7) is 3.82. The van der Waals surface area contributed by atoms with Crippen LogP contribution in [0.4, 0.5) is 4.79 Å². The topological polar surface area (TPSA) is 93.1 Å². The number of rotatable bonds is 7. The lowest BCUT2D eigenvalue weighted by Crippen LogP contribution is -2.41. The highest BCUT2D eigenvalue weighted by molar-refractivity contribution is 8.00. The summed E-state index contributed by atoms with van der Waals surface area (Å²) >= 11 is 1.13. The number of hydrogen-bond donors (Lipinski definition) is 2. The third-order valence-electron chi connectivity index (χ3n) is 4.87. The van der Waals surface area contributed by atoms with Gasteiger partial charge < -0.3 is 5.32 Å². The fourth-order valence-electron chi connectivity index (χ4n) is 3.10. The van der Waals surface area contributed by atoms with Crippen LogP contribution in [0.3, 0.4) is 0 Å². The average Bonchev–Trinajstić information content (AvgIpc) is 2.78. The molecule has 0 fully saturated rings. The fourth-order valence-corrected chi connectivity index (χ4v) is 4.03. The van der Waals surface area contributed by atoms with Crippen molar-refractivity contribution in [2.24, 2.45) is 0 Å². The zero-order chi connectivity index (χ0) is 22.4. The van der Waals surface area contributed by atoms with Crippen LogP contribution < -0.4 is 16.2 Å². The Kier molecular flexibility index (Phi) is 7.46. The van der Waals surface area contributed by atoms with E-state index in [1.165, 1.54) is 17.2 Å².